The Hall–Kier alpha value is -1.87. The van der Waals surface area contributed by atoms with Gasteiger partial charge in [0, 0.05) is 11.1 Å². The summed E-state index contributed by atoms with van der Waals surface area (Å²) in [4.78, 5) is 12.3. The van der Waals surface area contributed by atoms with Gasteiger partial charge in [-0.25, -0.2) is 4.39 Å². The van der Waals surface area contributed by atoms with Crippen LogP contribution in [0.2, 0.25) is 5.02 Å². The molecule has 0 fully saturated rings. The Balaban J connectivity index is 2.47. The summed E-state index contributed by atoms with van der Waals surface area (Å²) in [6, 6.07) is 9.29. The molecule has 2 aromatic rings. The molecule has 0 spiro atoms. The fourth-order valence-corrected chi connectivity index (χ4v) is 2.05. The van der Waals surface area contributed by atoms with Crippen molar-refractivity contribution >= 4 is 17.4 Å². The number of ether oxygens (including phenoxy) is 1. The van der Waals surface area contributed by atoms with Crippen molar-refractivity contribution in [1.29, 1.82) is 0 Å². The molecule has 0 aliphatic heterocycles. The van der Waals surface area contributed by atoms with Gasteiger partial charge in [0.15, 0.2) is 5.78 Å². The number of methoxy groups -OCH3 is 1. The zero-order chi connectivity index (χ0) is 14.0. The average Bonchev–Trinajstić information content (AvgIpc) is 2.41. The molecule has 0 atom stereocenters. The van der Waals surface area contributed by atoms with E-state index in [2.05, 4.69) is 0 Å². The largest absolute Gasteiger partial charge is 0.497 e. The highest BCUT2D eigenvalue weighted by molar-refractivity contribution is 6.35. The molecule has 0 bridgehead atoms. The highest BCUT2D eigenvalue weighted by Crippen LogP contribution is 2.25. The normalized spacial score (nSPS) is 10.3. The third kappa shape index (κ3) is 2.61. The molecule has 19 heavy (non-hydrogen) atoms. The topological polar surface area (TPSA) is 26.3 Å². The molecule has 0 heterocycles. The third-order valence-corrected chi connectivity index (χ3v) is 3.26. The van der Waals surface area contributed by atoms with Crippen LogP contribution in [0, 0.1) is 12.7 Å². The van der Waals surface area contributed by atoms with Gasteiger partial charge in [-0.15, -0.1) is 0 Å². The maximum absolute atomic E-state index is 13.4. The molecule has 0 radical (unpaired) electrons. The molecule has 98 valence electrons. The molecule has 4 heteroatoms. The van der Waals surface area contributed by atoms with Crippen LogP contribution in [-0.2, 0) is 0 Å². The summed E-state index contributed by atoms with van der Waals surface area (Å²) in [5.74, 6) is -0.234. The second-order valence-corrected chi connectivity index (χ2v) is 4.49. The number of carbonyl (C=O) groups is 1. The van der Waals surface area contributed by atoms with E-state index in [1.807, 2.05) is 0 Å². The van der Waals surface area contributed by atoms with Gasteiger partial charge in [0.1, 0.15) is 11.6 Å². The predicted molar refractivity (Wildman–Crippen MR) is 72.6 cm³/mol. The van der Waals surface area contributed by atoms with E-state index in [-0.39, 0.29) is 16.4 Å². The number of aryl methyl sites for hydroxylation is 1. The summed E-state index contributed by atoms with van der Waals surface area (Å²) in [7, 11) is 1.56. The highest BCUT2D eigenvalue weighted by atomic mass is 35.5. The van der Waals surface area contributed by atoms with Gasteiger partial charge in [-0.2, -0.15) is 0 Å². The summed E-state index contributed by atoms with van der Waals surface area (Å²) >= 11 is 5.83. The van der Waals surface area contributed by atoms with E-state index in [1.54, 1.807) is 32.2 Å². The molecule has 0 saturated heterocycles. The summed E-state index contributed by atoms with van der Waals surface area (Å²) < 4.78 is 18.5. The van der Waals surface area contributed by atoms with Crippen LogP contribution in [-0.4, -0.2) is 12.9 Å². The third-order valence-electron chi connectivity index (χ3n) is 2.87. The Labute approximate surface area is 115 Å². The average molecular weight is 279 g/mol. The quantitative estimate of drug-likeness (QED) is 0.793. The van der Waals surface area contributed by atoms with Gasteiger partial charge in [0.25, 0.3) is 0 Å². The monoisotopic (exact) mass is 278 g/mol. The lowest BCUT2D eigenvalue weighted by molar-refractivity contribution is 0.103. The van der Waals surface area contributed by atoms with E-state index in [0.717, 1.165) is 5.56 Å². The smallest absolute Gasteiger partial charge is 0.194 e. The van der Waals surface area contributed by atoms with E-state index in [4.69, 9.17) is 16.3 Å². The van der Waals surface area contributed by atoms with Crippen LogP contribution in [0.5, 0.6) is 5.75 Å². The second-order valence-electron chi connectivity index (χ2n) is 4.11. The lowest BCUT2D eigenvalue weighted by atomic mass is 9.99. The summed E-state index contributed by atoms with van der Waals surface area (Å²) in [5.41, 5.74) is 1.40. The number of halogens is 2. The second kappa shape index (κ2) is 5.41. The molecular weight excluding hydrogens is 267 g/mol. The first-order valence-electron chi connectivity index (χ1n) is 5.68. The molecule has 0 amide bonds. The molecule has 0 aliphatic rings. The van der Waals surface area contributed by atoms with Crippen molar-refractivity contribution < 1.29 is 13.9 Å². The molecule has 0 saturated carbocycles. The van der Waals surface area contributed by atoms with E-state index >= 15 is 0 Å². The van der Waals surface area contributed by atoms with E-state index in [0.29, 0.717) is 11.3 Å². The summed E-state index contributed by atoms with van der Waals surface area (Å²) in [6.45, 7) is 1.79. The van der Waals surface area contributed by atoms with Crippen LogP contribution >= 0.6 is 11.6 Å². The first kappa shape index (κ1) is 13.6. The minimum atomic E-state index is -0.598. The molecule has 0 aliphatic carbocycles. The Morgan fingerprint density at radius 3 is 2.58 bits per heavy atom. The van der Waals surface area contributed by atoms with Crippen molar-refractivity contribution in [2.24, 2.45) is 0 Å². The first-order chi connectivity index (χ1) is 9.04. The van der Waals surface area contributed by atoms with Crippen molar-refractivity contribution in [1.82, 2.24) is 0 Å². The fourth-order valence-electron chi connectivity index (χ4n) is 1.84. The van der Waals surface area contributed by atoms with Crippen molar-refractivity contribution in [3.63, 3.8) is 0 Å². The minimum absolute atomic E-state index is 0.150. The maximum Gasteiger partial charge on any atom is 0.194 e. The molecule has 2 rings (SSSR count). The Kier molecular flexibility index (Phi) is 3.86. The van der Waals surface area contributed by atoms with E-state index in [9.17, 15) is 9.18 Å². The van der Waals surface area contributed by atoms with Crippen LogP contribution in [0.15, 0.2) is 36.4 Å². The SMILES string of the molecule is COc1ccc(C(=O)c2cccc(F)c2Cl)c(C)c1. The molecule has 0 N–H and O–H groups in total. The number of ketones is 1. The molecular formula is C15H12ClFO2. The lowest BCUT2D eigenvalue weighted by Gasteiger charge is -2.08. The van der Waals surface area contributed by atoms with Crippen LogP contribution in [0.25, 0.3) is 0 Å². The van der Waals surface area contributed by atoms with E-state index in [1.165, 1.54) is 18.2 Å². The molecule has 0 aromatic heterocycles. The van der Waals surface area contributed by atoms with E-state index < -0.39 is 5.82 Å². The van der Waals surface area contributed by atoms with Gasteiger partial charge >= 0.3 is 0 Å². The van der Waals surface area contributed by atoms with Crippen molar-refractivity contribution in [3.05, 3.63) is 63.9 Å². The zero-order valence-electron chi connectivity index (χ0n) is 10.5. The van der Waals surface area contributed by atoms with Crippen LogP contribution in [0.1, 0.15) is 21.5 Å². The summed E-state index contributed by atoms with van der Waals surface area (Å²) in [6.07, 6.45) is 0. The van der Waals surface area contributed by atoms with Gasteiger partial charge in [-0.1, -0.05) is 17.7 Å². The van der Waals surface area contributed by atoms with Gasteiger partial charge < -0.3 is 4.74 Å². The minimum Gasteiger partial charge on any atom is -0.497 e. The lowest BCUT2D eigenvalue weighted by Crippen LogP contribution is -2.05. The molecule has 0 unspecified atom stereocenters. The van der Waals surface area contributed by atoms with Crippen LogP contribution in [0.3, 0.4) is 0 Å². The fraction of sp³-hybridized carbons (Fsp3) is 0.133. The number of carbonyl (C=O) groups excluding carboxylic acids is 1. The highest BCUT2D eigenvalue weighted by Gasteiger charge is 2.17. The number of rotatable bonds is 3. The number of hydrogen-bond acceptors (Lipinski definition) is 2. The number of benzene rings is 2. The molecule has 2 nitrogen and oxygen atoms in total. The van der Waals surface area contributed by atoms with Crippen LogP contribution in [0.4, 0.5) is 4.39 Å². The maximum atomic E-state index is 13.4. The van der Waals surface area contributed by atoms with Gasteiger partial charge in [-0.3, -0.25) is 4.79 Å². The van der Waals surface area contributed by atoms with Gasteiger partial charge in [-0.05, 0) is 42.8 Å². The Morgan fingerprint density at radius 2 is 1.95 bits per heavy atom. The zero-order valence-corrected chi connectivity index (χ0v) is 11.3. The van der Waals surface area contributed by atoms with Crippen molar-refractivity contribution in [2.75, 3.05) is 7.11 Å². The summed E-state index contributed by atoms with van der Waals surface area (Å²) in [5, 5.41) is -0.150. The van der Waals surface area contributed by atoms with Crippen LogP contribution < -0.4 is 4.74 Å². The first-order valence-corrected chi connectivity index (χ1v) is 6.05. The van der Waals surface area contributed by atoms with Gasteiger partial charge in [0.2, 0.25) is 0 Å². The Bertz CT molecular complexity index is 638. The van der Waals surface area contributed by atoms with Gasteiger partial charge in [0.05, 0.1) is 12.1 Å². The molecule has 2 aromatic carbocycles. The Morgan fingerprint density at radius 1 is 1.21 bits per heavy atom. The number of hydrogen-bond donors (Lipinski definition) is 0. The van der Waals surface area contributed by atoms with Crippen molar-refractivity contribution in [2.45, 2.75) is 6.92 Å². The predicted octanol–water partition coefficient (Wildman–Crippen LogP) is 4.03. The standard InChI is InChI=1S/C15H12ClFO2/c1-9-8-10(19-2)6-7-11(9)15(18)12-4-3-5-13(17)14(12)16/h3-8H,1-2H3. The van der Waals surface area contributed by atoms with Crippen molar-refractivity contribution in [3.8, 4) is 5.75 Å².